The Morgan fingerprint density at radius 1 is 0.800 bits per heavy atom. The molecule has 2 aromatic heterocycles. The number of aliphatic hydroxyl groups excluding tert-OH is 1. The number of aromatic nitrogens is 2. The van der Waals surface area contributed by atoms with Crippen LogP contribution in [-0.2, 0) is 30.2 Å². The summed E-state index contributed by atoms with van der Waals surface area (Å²) < 4.78 is 29.0. The molecule has 50 heavy (non-hydrogen) atoms. The third kappa shape index (κ3) is 10.5. The van der Waals surface area contributed by atoms with Gasteiger partial charge in [-0.1, -0.05) is 36.4 Å². The molecule has 12 heteroatoms. The van der Waals surface area contributed by atoms with Crippen LogP contribution >= 0.6 is 11.3 Å². The minimum Gasteiger partial charge on any atom is -0.491 e. The number of rotatable bonds is 20. The molecule has 3 aromatic carbocycles. The van der Waals surface area contributed by atoms with Gasteiger partial charge in [-0.3, -0.25) is 14.2 Å². The number of aryl methyl sites for hydroxylation is 2. The van der Waals surface area contributed by atoms with E-state index in [1.54, 1.807) is 10.8 Å². The molecule has 0 aliphatic rings. The van der Waals surface area contributed by atoms with E-state index in [-0.39, 0.29) is 24.8 Å². The van der Waals surface area contributed by atoms with Crippen molar-refractivity contribution in [2.45, 2.75) is 20.3 Å². The normalized spacial score (nSPS) is 11.3. The van der Waals surface area contributed by atoms with Crippen LogP contribution in [0.3, 0.4) is 0 Å². The van der Waals surface area contributed by atoms with Crippen molar-refractivity contribution >= 4 is 39.2 Å². The zero-order valence-corrected chi connectivity index (χ0v) is 29.2. The van der Waals surface area contributed by atoms with Crippen molar-refractivity contribution in [2.75, 3.05) is 71.4 Å². The quantitative estimate of drug-likeness (QED) is 0.0984. The van der Waals surface area contributed by atoms with Crippen molar-refractivity contribution in [1.29, 1.82) is 0 Å². The Labute approximate surface area is 295 Å². The summed E-state index contributed by atoms with van der Waals surface area (Å²) >= 11 is 1.42. The van der Waals surface area contributed by atoms with E-state index in [1.165, 1.54) is 11.3 Å². The lowest BCUT2D eigenvalue weighted by Crippen LogP contribution is -2.15. The van der Waals surface area contributed by atoms with Gasteiger partial charge in [-0.25, -0.2) is 4.98 Å². The van der Waals surface area contributed by atoms with Crippen LogP contribution in [0.25, 0.3) is 22.2 Å². The van der Waals surface area contributed by atoms with Crippen molar-refractivity contribution < 1.29 is 38.4 Å². The Kier molecular flexibility index (Phi) is 14.1. The molecule has 2 N–H and O–H groups in total. The Morgan fingerprint density at radius 3 is 2.22 bits per heavy atom. The first-order chi connectivity index (χ1) is 24.4. The molecule has 5 rings (SSSR count). The molecular formula is C38H43N3O8S. The number of anilines is 1. The molecule has 0 saturated heterocycles. The molecule has 264 valence electrons. The Morgan fingerprint density at radius 2 is 1.50 bits per heavy atom. The molecule has 0 aliphatic heterocycles. The molecule has 0 fully saturated rings. The van der Waals surface area contributed by atoms with Crippen LogP contribution in [-0.4, -0.2) is 92.5 Å². The molecule has 0 saturated carbocycles. The first kappa shape index (κ1) is 36.8. The summed E-state index contributed by atoms with van der Waals surface area (Å²) in [6.07, 6.45) is 1.97. The lowest BCUT2D eigenvalue weighted by atomic mass is 10.1. The molecule has 2 heterocycles. The first-order valence-electron chi connectivity index (χ1n) is 16.6. The predicted octanol–water partition coefficient (Wildman–Crippen LogP) is 5.69. The largest absolute Gasteiger partial charge is 0.491 e. The smallest absolute Gasteiger partial charge is 0.262 e. The number of fused-ring (bicyclic) bond motifs is 1. The Bertz CT molecular complexity index is 1850. The van der Waals surface area contributed by atoms with Crippen molar-refractivity contribution in [3.63, 3.8) is 0 Å². The minimum absolute atomic E-state index is 0.00861. The number of aliphatic hydroxyl groups is 1. The van der Waals surface area contributed by atoms with Gasteiger partial charge in [0.05, 0.1) is 77.1 Å². The number of thiazole rings is 1. The second kappa shape index (κ2) is 19.1. The van der Waals surface area contributed by atoms with Crippen LogP contribution in [0.5, 0.6) is 5.75 Å². The second-order valence-corrected chi connectivity index (χ2v) is 12.6. The van der Waals surface area contributed by atoms with Gasteiger partial charge in [0.1, 0.15) is 12.4 Å². The van der Waals surface area contributed by atoms with E-state index in [9.17, 15) is 9.59 Å². The number of carbonyl (C=O) groups excluding carboxylic acids is 2. The molecule has 0 spiro atoms. The van der Waals surface area contributed by atoms with Crippen molar-refractivity contribution in [3.05, 3.63) is 101 Å². The van der Waals surface area contributed by atoms with Crippen LogP contribution < -0.4 is 10.1 Å². The molecule has 0 atom stereocenters. The highest BCUT2D eigenvalue weighted by atomic mass is 32.1. The van der Waals surface area contributed by atoms with Crippen LogP contribution in [0.15, 0.2) is 79.0 Å². The third-order valence-corrected chi connectivity index (χ3v) is 8.60. The van der Waals surface area contributed by atoms with Crippen LogP contribution in [0.4, 0.5) is 5.13 Å². The van der Waals surface area contributed by atoms with Crippen LogP contribution in [0, 0.1) is 13.8 Å². The fourth-order valence-corrected chi connectivity index (χ4v) is 6.12. The maximum Gasteiger partial charge on any atom is 0.262 e. The topological polar surface area (TPSA) is 130 Å². The number of hydrogen-bond donors (Lipinski definition) is 2. The standard InChI is InChI=1S/C38H43N3O8S/c1-27-6-3-4-9-33(27)37(44)41-13-12-30-26-31(10-11-34(30)41)36-28(2)50-38(40-36)39-35(43)25-29-7-5-8-32(24-29)49-23-22-48-21-20-47-19-18-46-17-16-45-15-14-42/h3-13,24,26,42H,14-23,25H2,1-2H3,(H,39,40,43). The van der Waals surface area contributed by atoms with E-state index in [4.69, 9.17) is 33.8 Å². The van der Waals surface area contributed by atoms with E-state index in [0.717, 1.165) is 38.2 Å². The number of amides is 1. The summed E-state index contributed by atoms with van der Waals surface area (Å²) in [4.78, 5) is 31.9. The molecular weight excluding hydrogens is 658 g/mol. The zero-order chi connectivity index (χ0) is 35.1. The van der Waals surface area contributed by atoms with Gasteiger partial charge in [0.2, 0.25) is 5.91 Å². The molecule has 11 nitrogen and oxygen atoms in total. The molecule has 5 aromatic rings. The predicted molar refractivity (Wildman–Crippen MR) is 193 cm³/mol. The van der Waals surface area contributed by atoms with Crippen molar-refractivity contribution in [2.24, 2.45) is 0 Å². The highest BCUT2D eigenvalue weighted by Crippen LogP contribution is 2.33. The van der Waals surface area contributed by atoms with Gasteiger partial charge in [-0.05, 0) is 61.4 Å². The molecule has 0 radical (unpaired) electrons. The van der Waals surface area contributed by atoms with Crippen LogP contribution in [0.2, 0.25) is 0 Å². The molecule has 0 aliphatic carbocycles. The van der Waals surface area contributed by atoms with E-state index >= 15 is 0 Å². The van der Waals surface area contributed by atoms with Gasteiger partial charge >= 0.3 is 0 Å². The van der Waals surface area contributed by atoms with Gasteiger partial charge in [-0.15, -0.1) is 11.3 Å². The van der Waals surface area contributed by atoms with E-state index in [2.05, 4.69) is 5.32 Å². The number of nitrogens with one attached hydrogen (secondary N) is 1. The van der Waals surface area contributed by atoms with Gasteiger partial charge in [0, 0.05) is 27.6 Å². The van der Waals surface area contributed by atoms with Crippen molar-refractivity contribution in [1.82, 2.24) is 9.55 Å². The average molecular weight is 702 g/mol. The summed E-state index contributed by atoms with van der Waals surface area (Å²) in [7, 11) is 0. The van der Waals surface area contributed by atoms with Gasteiger partial charge < -0.3 is 34.1 Å². The maximum absolute atomic E-state index is 13.2. The van der Waals surface area contributed by atoms with Gasteiger partial charge in [0.15, 0.2) is 5.13 Å². The first-order valence-corrected chi connectivity index (χ1v) is 17.4. The summed E-state index contributed by atoms with van der Waals surface area (Å²) in [5.74, 6) is 0.419. The fourth-order valence-electron chi connectivity index (χ4n) is 5.27. The monoisotopic (exact) mass is 701 g/mol. The van der Waals surface area contributed by atoms with Gasteiger partial charge in [-0.2, -0.15) is 0 Å². The lowest BCUT2D eigenvalue weighted by Gasteiger charge is -2.09. The number of ether oxygens (including phenoxy) is 5. The number of carbonyl (C=O) groups is 2. The number of hydrogen-bond acceptors (Lipinski definition) is 10. The van der Waals surface area contributed by atoms with E-state index in [0.29, 0.717) is 75.9 Å². The highest BCUT2D eigenvalue weighted by Gasteiger charge is 2.17. The summed E-state index contributed by atoms with van der Waals surface area (Å²) in [5.41, 5.74) is 4.95. The SMILES string of the molecule is Cc1ccccc1C(=O)n1ccc2cc(-c3nc(NC(=O)Cc4cccc(OCCOCCOCCOCCOCCO)c4)sc3C)ccc21. The fraction of sp³-hybridized carbons (Fsp3) is 0.342. The maximum atomic E-state index is 13.2. The molecule has 0 unspecified atom stereocenters. The Balaban J connectivity index is 1.05. The molecule has 1 amide bonds. The van der Waals surface area contributed by atoms with Gasteiger partial charge in [0.25, 0.3) is 5.91 Å². The third-order valence-electron chi connectivity index (χ3n) is 7.71. The van der Waals surface area contributed by atoms with E-state index in [1.807, 2.05) is 86.6 Å². The highest BCUT2D eigenvalue weighted by molar-refractivity contribution is 7.16. The number of nitrogens with zero attached hydrogens (tertiary/aromatic N) is 2. The van der Waals surface area contributed by atoms with Crippen molar-refractivity contribution in [3.8, 4) is 17.0 Å². The summed E-state index contributed by atoms with van der Waals surface area (Å²) in [6.45, 7) is 7.76. The van der Waals surface area contributed by atoms with Crippen LogP contribution in [0.1, 0.15) is 26.4 Å². The minimum atomic E-state index is -0.173. The summed E-state index contributed by atoms with van der Waals surface area (Å²) in [6, 6.07) is 22.9. The van der Waals surface area contributed by atoms with E-state index < -0.39 is 0 Å². The number of benzene rings is 3. The lowest BCUT2D eigenvalue weighted by molar-refractivity contribution is -0.115. The second-order valence-electron chi connectivity index (χ2n) is 11.4. The average Bonchev–Trinajstić information content (AvgIpc) is 3.70. The molecule has 0 bridgehead atoms. The summed E-state index contributed by atoms with van der Waals surface area (Å²) in [5, 5.41) is 13.0. The zero-order valence-electron chi connectivity index (χ0n) is 28.4. The Hall–Kier alpha value is -4.43.